The van der Waals surface area contributed by atoms with Crippen LogP contribution in [0, 0.1) is 0 Å². The number of nitrogens with one attached hydrogen (secondary N) is 3. The van der Waals surface area contributed by atoms with Crippen molar-refractivity contribution in [1.29, 1.82) is 0 Å². The summed E-state index contributed by atoms with van der Waals surface area (Å²) < 4.78 is 0. The maximum atomic E-state index is 11.6. The molecule has 0 saturated heterocycles. The van der Waals surface area contributed by atoms with E-state index in [0.29, 0.717) is 6.42 Å². The van der Waals surface area contributed by atoms with Crippen molar-refractivity contribution in [2.75, 3.05) is 7.05 Å². The molecule has 5 heteroatoms. The van der Waals surface area contributed by atoms with Gasteiger partial charge in [0, 0.05) is 31.4 Å². The zero-order valence-electron chi connectivity index (χ0n) is 9.37. The van der Waals surface area contributed by atoms with Crippen LogP contribution < -0.4 is 10.6 Å². The van der Waals surface area contributed by atoms with Gasteiger partial charge in [0.15, 0.2) is 0 Å². The standard InChI is InChI=1S/C10H18N4O/c1-7(2)14-9(10(15)11-3)4-8-5-12-6-13-8/h5-7,9,14H,4H2,1-3H3,(H,11,15)(H,12,13)/t9-/m0/s1. The Morgan fingerprint density at radius 2 is 2.33 bits per heavy atom. The van der Waals surface area contributed by atoms with Gasteiger partial charge in [-0.25, -0.2) is 4.98 Å². The summed E-state index contributed by atoms with van der Waals surface area (Å²) in [6.45, 7) is 4.03. The zero-order valence-corrected chi connectivity index (χ0v) is 9.37. The number of aromatic nitrogens is 2. The van der Waals surface area contributed by atoms with Gasteiger partial charge in [0.25, 0.3) is 0 Å². The van der Waals surface area contributed by atoms with E-state index in [1.807, 2.05) is 13.8 Å². The van der Waals surface area contributed by atoms with Crippen molar-refractivity contribution in [3.05, 3.63) is 18.2 Å². The van der Waals surface area contributed by atoms with Gasteiger partial charge in [0.05, 0.1) is 12.4 Å². The number of H-pyrrole nitrogens is 1. The van der Waals surface area contributed by atoms with Gasteiger partial charge >= 0.3 is 0 Å². The fraction of sp³-hybridized carbons (Fsp3) is 0.600. The van der Waals surface area contributed by atoms with Crippen LogP contribution in [0.1, 0.15) is 19.5 Å². The Morgan fingerprint density at radius 3 is 2.80 bits per heavy atom. The van der Waals surface area contributed by atoms with Crippen molar-refractivity contribution in [3.63, 3.8) is 0 Å². The SMILES string of the molecule is CNC(=O)[C@H](Cc1cnc[nH]1)NC(C)C. The Labute approximate surface area is 89.7 Å². The molecule has 1 aromatic heterocycles. The lowest BCUT2D eigenvalue weighted by Gasteiger charge is -2.18. The molecule has 0 unspecified atom stereocenters. The molecule has 0 fully saturated rings. The molecule has 84 valence electrons. The number of aromatic amines is 1. The largest absolute Gasteiger partial charge is 0.358 e. The first kappa shape index (κ1) is 11.7. The number of likely N-dealkylation sites (N-methyl/N-ethyl adjacent to an activating group) is 1. The van der Waals surface area contributed by atoms with Crippen LogP contribution in [0.5, 0.6) is 0 Å². The van der Waals surface area contributed by atoms with Crippen LogP contribution in [-0.2, 0) is 11.2 Å². The zero-order chi connectivity index (χ0) is 11.3. The number of imidazole rings is 1. The van der Waals surface area contributed by atoms with Crippen LogP contribution in [0.15, 0.2) is 12.5 Å². The third-order valence-electron chi connectivity index (χ3n) is 2.08. The maximum absolute atomic E-state index is 11.6. The number of nitrogens with zero attached hydrogens (tertiary/aromatic N) is 1. The van der Waals surface area contributed by atoms with Gasteiger partial charge in [-0.1, -0.05) is 13.8 Å². The smallest absolute Gasteiger partial charge is 0.237 e. The molecule has 0 saturated carbocycles. The summed E-state index contributed by atoms with van der Waals surface area (Å²) in [7, 11) is 1.64. The van der Waals surface area contributed by atoms with E-state index in [1.165, 1.54) is 0 Å². The number of hydrogen-bond acceptors (Lipinski definition) is 3. The van der Waals surface area contributed by atoms with Crippen molar-refractivity contribution in [2.45, 2.75) is 32.4 Å². The molecule has 1 amide bonds. The molecular weight excluding hydrogens is 192 g/mol. The number of rotatable bonds is 5. The minimum atomic E-state index is -0.213. The van der Waals surface area contributed by atoms with E-state index >= 15 is 0 Å². The third kappa shape index (κ3) is 3.71. The average Bonchev–Trinajstić information content (AvgIpc) is 2.67. The lowest BCUT2D eigenvalue weighted by Crippen LogP contribution is -2.47. The molecule has 0 aromatic carbocycles. The summed E-state index contributed by atoms with van der Waals surface area (Å²) in [5.74, 6) is -0.00157. The Bertz CT molecular complexity index is 294. The maximum Gasteiger partial charge on any atom is 0.237 e. The van der Waals surface area contributed by atoms with Crippen LogP contribution in [0.25, 0.3) is 0 Å². The lowest BCUT2D eigenvalue weighted by atomic mass is 10.1. The predicted octanol–water partition coefficient (Wildman–Crippen LogP) is 0.0648. The van der Waals surface area contributed by atoms with Gasteiger partial charge in [-0.3, -0.25) is 4.79 Å². The van der Waals surface area contributed by atoms with Crippen molar-refractivity contribution in [3.8, 4) is 0 Å². The molecule has 0 bridgehead atoms. The van der Waals surface area contributed by atoms with Crippen LogP contribution in [0.3, 0.4) is 0 Å². The number of hydrogen-bond donors (Lipinski definition) is 3. The van der Waals surface area contributed by atoms with Crippen LogP contribution in [-0.4, -0.2) is 35.0 Å². The van der Waals surface area contributed by atoms with Crippen LogP contribution in [0.2, 0.25) is 0 Å². The Kier molecular flexibility index (Phi) is 4.30. The van der Waals surface area contributed by atoms with Crippen molar-refractivity contribution in [1.82, 2.24) is 20.6 Å². The molecule has 0 aliphatic heterocycles. The molecule has 0 aliphatic carbocycles. The molecule has 1 heterocycles. The highest BCUT2D eigenvalue weighted by molar-refractivity contribution is 5.81. The highest BCUT2D eigenvalue weighted by Crippen LogP contribution is 1.99. The predicted molar refractivity (Wildman–Crippen MR) is 58.4 cm³/mol. The molecule has 1 aromatic rings. The number of carbonyl (C=O) groups is 1. The fourth-order valence-electron chi connectivity index (χ4n) is 1.42. The van der Waals surface area contributed by atoms with Crippen molar-refractivity contribution < 1.29 is 4.79 Å². The molecule has 0 radical (unpaired) electrons. The van der Waals surface area contributed by atoms with E-state index < -0.39 is 0 Å². The summed E-state index contributed by atoms with van der Waals surface area (Å²) in [5, 5.41) is 5.86. The van der Waals surface area contributed by atoms with Gasteiger partial charge in [-0.2, -0.15) is 0 Å². The first-order valence-electron chi connectivity index (χ1n) is 5.08. The second-order valence-corrected chi connectivity index (χ2v) is 3.77. The van der Waals surface area contributed by atoms with Crippen LogP contribution >= 0.6 is 0 Å². The van der Waals surface area contributed by atoms with Crippen molar-refractivity contribution in [2.24, 2.45) is 0 Å². The first-order valence-corrected chi connectivity index (χ1v) is 5.08. The molecular formula is C10H18N4O. The number of carbonyl (C=O) groups excluding carboxylic acids is 1. The molecule has 3 N–H and O–H groups in total. The molecule has 15 heavy (non-hydrogen) atoms. The van der Waals surface area contributed by atoms with E-state index in [9.17, 15) is 4.79 Å². The van der Waals surface area contributed by atoms with E-state index in [-0.39, 0.29) is 18.0 Å². The molecule has 1 atom stereocenters. The normalized spacial score (nSPS) is 12.8. The number of amides is 1. The minimum absolute atomic E-state index is 0.00157. The third-order valence-corrected chi connectivity index (χ3v) is 2.08. The first-order chi connectivity index (χ1) is 7.13. The average molecular weight is 210 g/mol. The highest BCUT2D eigenvalue weighted by Gasteiger charge is 2.18. The van der Waals surface area contributed by atoms with Gasteiger partial charge in [0.1, 0.15) is 0 Å². The Morgan fingerprint density at radius 1 is 1.60 bits per heavy atom. The highest BCUT2D eigenvalue weighted by atomic mass is 16.2. The van der Waals surface area contributed by atoms with Gasteiger partial charge in [-0.15, -0.1) is 0 Å². The summed E-state index contributed by atoms with van der Waals surface area (Å²) >= 11 is 0. The lowest BCUT2D eigenvalue weighted by molar-refractivity contribution is -0.122. The minimum Gasteiger partial charge on any atom is -0.358 e. The van der Waals surface area contributed by atoms with Gasteiger partial charge in [-0.05, 0) is 0 Å². The Balaban J connectivity index is 2.60. The molecule has 0 aliphatic rings. The van der Waals surface area contributed by atoms with Crippen molar-refractivity contribution >= 4 is 5.91 Å². The topological polar surface area (TPSA) is 69.8 Å². The van der Waals surface area contributed by atoms with E-state index in [4.69, 9.17) is 0 Å². The van der Waals surface area contributed by atoms with E-state index in [0.717, 1.165) is 5.69 Å². The van der Waals surface area contributed by atoms with Gasteiger partial charge < -0.3 is 15.6 Å². The summed E-state index contributed by atoms with van der Waals surface area (Å²) in [6, 6.07) is 0.0608. The molecule has 1 rings (SSSR count). The second kappa shape index (κ2) is 5.50. The summed E-state index contributed by atoms with van der Waals surface area (Å²) in [6.07, 6.45) is 3.97. The van der Waals surface area contributed by atoms with E-state index in [1.54, 1.807) is 19.6 Å². The van der Waals surface area contributed by atoms with Crippen LogP contribution in [0.4, 0.5) is 0 Å². The fourth-order valence-corrected chi connectivity index (χ4v) is 1.42. The quantitative estimate of drug-likeness (QED) is 0.644. The van der Waals surface area contributed by atoms with Gasteiger partial charge in [0.2, 0.25) is 5.91 Å². The Hall–Kier alpha value is -1.36. The molecule has 5 nitrogen and oxygen atoms in total. The summed E-state index contributed by atoms with van der Waals surface area (Å²) in [4.78, 5) is 18.5. The van der Waals surface area contributed by atoms with E-state index in [2.05, 4.69) is 20.6 Å². The second-order valence-electron chi connectivity index (χ2n) is 3.77. The molecule has 0 spiro atoms. The summed E-state index contributed by atoms with van der Waals surface area (Å²) in [5.41, 5.74) is 0.955. The monoisotopic (exact) mass is 210 g/mol.